The van der Waals surface area contributed by atoms with Crippen molar-refractivity contribution in [2.45, 2.75) is 25.7 Å². The third kappa shape index (κ3) is 3.98. The van der Waals surface area contributed by atoms with Crippen molar-refractivity contribution in [3.05, 3.63) is 63.7 Å². The van der Waals surface area contributed by atoms with E-state index in [0.717, 1.165) is 36.5 Å². The molecule has 0 aromatic heterocycles. The largest absolute Gasteiger partial charge is 0.370 e. The molecule has 0 unspecified atom stereocenters. The number of carbonyl (C=O) groups is 3. The molecule has 1 saturated heterocycles. The summed E-state index contributed by atoms with van der Waals surface area (Å²) < 4.78 is 0. The number of fused-ring (bicyclic) bond motifs is 1. The monoisotopic (exact) mass is 422 g/mol. The molecule has 2 aromatic carbocycles. The van der Waals surface area contributed by atoms with Gasteiger partial charge in [0, 0.05) is 32.1 Å². The van der Waals surface area contributed by atoms with Crippen LogP contribution in [0, 0.1) is 10.1 Å². The van der Waals surface area contributed by atoms with Crippen LogP contribution in [0.25, 0.3) is 0 Å². The number of carbonyl (C=O) groups excluding carboxylic acids is 3. The van der Waals surface area contributed by atoms with Crippen LogP contribution < -0.4 is 10.2 Å². The lowest BCUT2D eigenvalue weighted by atomic mass is 10.1. The van der Waals surface area contributed by atoms with Gasteiger partial charge in [0.15, 0.2) is 0 Å². The average molecular weight is 422 g/mol. The van der Waals surface area contributed by atoms with E-state index in [1.54, 1.807) is 0 Å². The molecule has 2 aliphatic heterocycles. The lowest BCUT2D eigenvalue weighted by molar-refractivity contribution is -0.385. The van der Waals surface area contributed by atoms with Crippen LogP contribution in [0.3, 0.4) is 0 Å². The van der Waals surface area contributed by atoms with Crippen molar-refractivity contribution in [2.24, 2.45) is 0 Å². The maximum Gasteiger partial charge on any atom is 0.282 e. The predicted molar refractivity (Wildman–Crippen MR) is 114 cm³/mol. The van der Waals surface area contributed by atoms with E-state index in [2.05, 4.69) is 10.2 Å². The van der Waals surface area contributed by atoms with Gasteiger partial charge in [-0.25, -0.2) is 0 Å². The predicted octanol–water partition coefficient (Wildman–Crippen LogP) is 3.21. The first kappa shape index (κ1) is 20.5. The number of amides is 3. The van der Waals surface area contributed by atoms with Crippen molar-refractivity contribution < 1.29 is 19.3 Å². The van der Waals surface area contributed by atoms with E-state index in [-0.39, 0.29) is 30.0 Å². The van der Waals surface area contributed by atoms with Crippen molar-refractivity contribution >= 4 is 34.8 Å². The third-order valence-corrected chi connectivity index (χ3v) is 5.61. The third-order valence-electron chi connectivity index (χ3n) is 5.61. The van der Waals surface area contributed by atoms with E-state index in [4.69, 9.17) is 0 Å². The maximum absolute atomic E-state index is 12.6. The molecule has 9 nitrogen and oxygen atoms in total. The quantitative estimate of drug-likeness (QED) is 0.435. The Kier molecular flexibility index (Phi) is 5.66. The molecule has 3 amide bonds. The number of rotatable bonds is 6. The molecule has 9 heteroatoms. The Bertz CT molecular complexity index is 1060. The number of nitro benzene ring substituents is 1. The molecule has 31 heavy (non-hydrogen) atoms. The molecule has 0 bridgehead atoms. The summed E-state index contributed by atoms with van der Waals surface area (Å²) in [6.07, 6.45) is 3.30. The van der Waals surface area contributed by atoms with Gasteiger partial charge in [-0.2, -0.15) is 0 Å². The van der Waals surface area contributed by atoms with Crippen molar-refractivity contribution in [3.8, 4) is 0 Å². The lowest BCUT2D eigenvalue weighted by Gasteiger charge is -2.30. The van der Waals surface area contributed by atoms with Crippen molar-refractivity contribution in [1.82, 2.24) is 4.90 Å². The maximum atomic E-state index is 12.6. The SMILES string of the molecule is O=C(CCN1C(=O)c2cccc([N+](=O)[O-])c2C1=O)Nc1ccccc1N1CCCCC1. The fourth-order valence-electron chi connectivity index (χ4n) is 4.09. The molecule has 1 fully saturated rings. The lowest BCUT2D eigenvalue weighted by Crippen LogP contribution is -2.33. The number of piperidine rings is 1. The van der Waals surface area contributed by atoms with Gasteiger partial charge >= 0.3 is 0 Å². The summed E-state index contributed by atoms with van der Waals surface area (Å²) in [6, 6.07) is 11.5. The van der Waals surface area contributed by atoms with Crippen LogP contribution in [0.1, 0.15) is 46.4 Å². The first-order valence-electron chi connectivity index (χ1n) is 10.2. The van der Waals surface area contributed by atoms with Crippen LogP contribution in [-0.2, 0) is 4.79 Å². The van der Waals surface area contributed by atoms with Crippen molar-refractivity contribution in [1.29, 1.82) is 0 Å². The van der Waals surface area contributed by atoms with Crippen LogP contribution in [0.2, 0.25) is 0 Å². The van der Waals surface area contributed by atoms with Crippen LogP contribution in [0.5, 0.6) is 0 Å². The van der Waals surface area contributed by atoms with E-state index in [1.165, 1.54) is 24.6 Å². The van der Waals surface area contributed by atoms with Crippen molar-refractivity contribution in [2.75, 3.05) is 29.9 Å². The highest BCUT2D eigenvalue weighted by Crippen LogP contribution is 2.31. The molecule has 160 valence electrons. The van der Waals surface area contributed by atoms with Crippen LogP contribution in [0.15, 0.2) is 42.5 Å². The van der Waals surface area contributed by atoms with Gasteiger partial charge in [0.25, 0.3) is 17.5 Å². The summed E-state index contributed by atoms with van der Waals surface area (Å²) in [6.45, 7) is 1.71. The molecule has 0 atom stereocenters. The number of nitro groups is 1. The molecule has 2 heterocycles. The zero-order valence-corrected chi connectivity index (χ0v) is 16.9. The van der Waals surface area contributed by atoms with Gasteiger partial charge in [0.05, 0.1) is 21.9 Å². The topological polar surface area (TPSA) is 113 Å². The number of imide groups is 1. The summed E-state index contributed by atoms with van der Waals surface area (Å²) in [5.41, 5.74) is 1.01. The number of nitrogens with one attached hydrogen (secondary N) is 1. The van der Waals surface area contributed by atoms with E-state index in [0.29, 0.717) is 5.69 Å². The molecule has 0 spiro atoms. The highest BCUT2D eigenvalue weighted by Gasteiger charge is 2.40. The summed E-state index contributed by atoms with van der Waals surface area (Å²) >= 11 is 0. The van der Waals surface area contributed by atoms with Gasteiger partial charge in [0.2, 0.25) is 5.91 Å². The van der Waals surface area contributed by atoms with Gasteiger partial charge in [0.1, 0.15) is 5.56 Å². The average Bonchev–Trinajstić information content (AvgIpc) is 3.03. The number of nitrogens with zero attached hydrogens (tertiary/aromatic N) is 3. The Labute approximate surface area is 178 Å². The van der Waals surface area contributed by atoms with Crippen LogP contribution in [0.4, 0.5) is 17.1 Å². The van der Waals surface area contributed by atoms with E-state index in [9.17, 15) is 24.5 Å². The minimum atomic E-state index is -0.742. The minimum Gasteiger partial charge on any atom is -0.370 e. The van der Waals surface area contributed by atoms with Crippen molar-refractivity contribution in [3.63, 3.8) is 0 Å². The van der Waals surface area contributed by atoms with E-state index < -0.39 is 22.4 Å². The fourth-order valence-corrected chi connectivity index (χ4v) is 4.09. The number of benzene rings is 2. The fraction of sp³-hybridized carbons (Fsp3) is 0.318. The number of para-hydroxylation sites is 2. The molecule has 0 saturated carbocycles. The molecular weight excluding hydrogens is 400 g/mol. The molecule has 2 aromatic rings. The number of hydrogen-bond donors (Lipinski definition) is 1. The van der Waals surface area contributed by atoms with Crippen LogP contribution in [-0.4, -0.2) is 47.2 Å². The van der Waals surface area contributed by atoms with Gasteiger partial charge < -0.3 is 10.2 Å². The highest BCUT2D eigenvalue weighted by molar-refractivity contribution is 6.23. The zero-order chi connectivity index (χ0) is 22.0. The smallest absolute Gasteiger partial charge is 0.282 e. The molecule has 1 N–H and O–H groups in total. The minimum absolute atomic E-state index is 0.00458. The van der Waals surface area contributed by atoms with Gasteiger partial charge in [-0.15, -0.1) is 0 Å². The molecule has 0 radical (unpaired) electrons. The molecule has 4 rings (SSSR count). The Morgan fingerprint density at radius 2 is 1.74 bits per heavy atom. The highest BCUT2D eigenvalue weighted by atomic mass is 16.6. The summed E-state index contributed by atoms with van der Waals surface area (Å²) in [5, 5.41) is 14.1. The van der Waals surface area contributed by atoms with Crippen LogP contribution >= 0.6 is 0 Å². The Hall–Kier alpha value is -3.75. The molecular formula is C22H22N4O5. The number of anilines is 2. The second-order valence-corrected chi connectivity index (χ2v) is 7.58. The Morgan fingerprint density at radius 1 is 1.00 bits per heavy atom. The number of hydrogen-bond acceptors (Lipinski definition) is 6. The zero-order valence-electron chi connectivity index (χ0n) is 16.9. The van der Waals surface area contributed by atoms with Gasteiger partial charge in [-0.05, 0) is 37.5 Å². The van der Waals surface area contributed by atoms with Gasteiger partial charge in [-0.1, -0.05) is 18.2 Å². The Morgan fingerprint density at radius 3 is 2.48 bits per heavy atom. The molecule has 0 aliphatic carbocycles. The van der Waals surface area contributed by atoms with E-state index >= 15 is 0 Å². The summed E-state index contributed by atoms with van der Waals surface area (Å²) in [7, 11) is 0. The molecule has 2 aliphatic rings. The second-order valence-electron chi connectivity index (χ2n) is 7.58. The normalized spacial score (nSPS) is 15.7. The van der Waals surface area contributed by atoms with Gasteiger partial charge in [-0.3, -0.25) is 29.4 Å². The first-order chi connectivity index (χ1) is 15.0. The standard InChI is InChI=1S/C22H22N4O5/c27-19(23-16-8-2-3-9-17(16)24-12-4-1-5-13-24)11-14-25-21(28)15-7-6-10-18(26(30)31)20(15)22(25)29/h2-3,6-10H,1,4-5,11-14H2,(H,23,27). The summed E-state index contributed by atoms with van der Waals surface area (Å²) in [4.78, 5) is 51.4. The second kappa shape index (κ2) is 8.55. The first-order valence-corrected chi connectivity index (χ1v) is 10.2. The summed E-state index contributed by atoms with van der Waals surface area (Å²) in [5.74, 6) is -1.70. The Balaban J connectivity index is 1.43. The van der Waals surface area contributed by atoms with E-state index in [1.807, 2.05) is 24.3 Å².